The van der Waals surface area contributed by atoms with Crippen molar-refractivity contribution in [2.75, 3.05) is 6.61 Å². The largest absolute Gasteiger partial charge is 0.377 e. The lowest BCUT2D eigenvalue weighted by Crippen LogP contribution is -2.22. The fourth-order valence-electron chi connectivity index (χ4n) is 2.55. The van der Waals surface area contributed by atoms with E-state index >= 15 is 0 Å². The van der Waals surface area contributed by atoms with Gasteiger partial charge in [-0.2, -0.15) is 0 Å². The first-order valence-electron chi connectivity index (χ1n) is 5.28. The van der Waals surface area contributed by atoms with E-state index in [4.69, 9.17) is 4.74 Å². The smallest absolute Gasteiger partial charge is 0.0621 e. The third-order valence-electron chi connectivity index (χ3n) is 3.19. The maximum absolute atomic E-state index is 5.74. The van der Waals surface area contributed by atoms with Gasteiger partial charge in [0.1, 0.15) is 0 Å². The summed E-state index contributed by atoms with van der Waals surface area (Å²) in [5.41, 5.74) is 1.67. The molecule has 2 rings (SSSR count). The normalized spacial score (nSPS) is 30.5. The Morgan fingerprint density at radius 2 is 1.86 bits per heavy atom. The molecule has 0 unspecified atom stereocenters. The number of ether oxygens (including phenoxy) is 1. The highest BCUT2D eigenvalue weighted by atomic mass is 16.5. The van der Waals surface area contributed by atoms with E-state index in [1.165, 1.54) is 5.56 Å². The second kappa shape index (κ2) is 3.39. The fourth-order valence-corrected chi connectivity index (χ4v) is 2.55. The summed E-state index contributed by atoms with van der Waals surface area (Å²) in [6.45, 7) is 7.61. The molecule has 1 fully saturated rings. The molecule has 14 heavy (non-hydrogen) atoms. The molecule has 0 saturated carbocycles. The topological polar surface area (TPSA) is 9.23 Å². The van der Waals surface area contributed by atoms with Gasteiger partial charge < -0.3 is 4.74 Å². The van der Waals surface area contributed by atoms with Crippen LogP contribution in [0.1, 0.15) is 32.3 Å². The number of rotatable bonds is 1. The van der Waals surface area contributed by atoms with Crippen molar-refractivity contribution in [1.29, 1.82) is 0 Å². The van der Waals surface area contributed by atoms with Crippen LogP contribution in [0.5, 0.6) is 0 Å². The maximum atomic E-state index is 5.74. The summed E-state index contributed by atoms with van der Waals surface area (Å²) < 4.78 is 5.74. The van der Waals surface area contributed by atoms with Crippen molar-refractivity contribution in [3.8, 4) is 0 Å². The Balaban J connectivity index is 2.33. The maximum Gasteiger partial charge on any atom is 0.0621 e. The average Bonchev–Trinajstić information content (AvgIpc) is 2.42. The van der Waals surface area contributed by atoms with Gasteiger partial charge in [-0.05, 0) is 17.9 Å². The van der Waals surface area contributed by atoms with Crippen molar-refractivity contribution in [2.45, 2.75) is 32.8 Å². The predicted octanol–water partition coefficient (Wildman–Crippen LogP) is 3.22. The molecule has 0 amide bonds. The van der Waals surface area contributed by atoms with E-state index in [2.05, 4.69) is 51.1 Å². The molecule has 2 atom stereocenters. The van der Waals surface area contributed by atoms with Gasteiger partial charge in [0.25, 0.3) is 0 Å². The number of benzene rings is 1. The van der Waals surface area contributed by atoms with Crippen LogP contribution >= 0.6 is 0 Å². The molecule has 1 aromatic carbocycles. The van der Waals surface area contributed by atoms with E-state index in [9.17, 15) is 0 Å². The molecular weight excluding hydrogens is 172 g/mol. The summed E-state index contributed by atoms with van der Waals surface area (Å²) in [6, 6.07) is 10.7. The quantitative estimate of drug-likeness (QED) is 0.660. The van der Waals surface area contributed by atoms with Gasteiger partial charge >= 0.3 is 0 Å². The third kappa shape index (κ3) is 1.57. The lowest BCUT2D eigenvalue weighted by atomic mass is 9.75. The second-order valence-electron chi connectivity index (χ2n) is 4.89. The minimum Gasteiger partial charge on any atom is -0.377 e. The first kappa shape index (κ1) is 9.72. The highest BCUT2D eigenvalue weighted by molar-refractivity contribution is 5.24. The van der Waals surface area contributed by atoms with Crippen LogP contribution in [0.3, 0.4) is 0 Å². The first-order valence-corrected chi connectivity index (χ1v) is 5.28. The third-order valence-corrected chi connectivity index (χ3v) is 3.19. The molecule has 0 aromatic heterocycles. The lowest BCUT2D eigenvalue weighted by molar-refractivity contribution is 0.109. The molecule has 1 nitrogen and oxygen atoms in total. The molecule has 0 aliphatic carbocycles. The van der Waals surface area contributed by atoms with Crippen LogP contribution in [0, 0.1) is 5.41 Å². The van der Waals surface area contributed by atoms with Crippen molar-refractivity contribution in [1.82, 2.24) is 0 Å². The Labute approximate surface area is 86.1 Å². The summed E-state index contributed by atoms with van der Waals surface area (Å²) >= 11 is 0. The molecule has 76 valence electrons. The average molecular weight is 190 g/mol. The molecule has 0 spiro atoms. The van der Waals surface area contributed by atoms with E-state index in [1.807, 2.05) is 0 Å². The van der Waals surface area contributed by atoms with Gasteiger partial charge in [0.15, 0.2) is 0 Å². The van der Waals surface area contributed by atoms with E-state index in [1.54, 1.807) is 0 Å². The molecule has 0 radical (unpaired) electrons. The van der Waals surface area contributed by atoms with E-state index < -0.39 is 0 Å². The molecule has 1 aliphatic rings. The van der Waals surface area contributed by atoms with Gasteiger partial charge in [-0.1, -0.05) is 44.2 Å². The Hall–Kier alpha value is -0.820. The Morgan fingerprint density at radius 3 is 2.36 bits per heavy atom. The zero-order valence-electron chi connectivity index (χ0n) is 9.16. The molecule has 1 saturated heterocycles. The van der Waals surface area contributed by atoms with Crippen LogP contribution in [-0.2, 0) is 4.74 Å². The van der Waals surface area contributed by atoms with Gasteiger partial charge in [-0.3, -0.25) is 0 Å². The zero-order chi connectivity index (χ0) is 10.2. The van der Waals surface area contributed by atoms with Crippen LogP contribution in [0.25, 0.3) is 0 Å². The zero-order valence-corrected chi connectivity index (χ0v) is 9.16. The predicted molar refractivity (Wildman–Crippen MR) is 58.4 cm³/mol. The van der Waals surface area contributed by atoms with Crippen molar-refractivity contribution in [3.05, 3.63) is 35.9 Å². The van der Waals surface area contributed by atoms with Gasteiger partial charge in [0, 0.05) is 5.92 Å². The minimum absolute atomic E-state index is 0.265. The van der Waals surface area contributed by atoms with Crippen molar-refractivity contribution in [3.63, 3.8) is 0 Å². The summed E-state index contributed by atoms with van der Waals surface area (Å²) in [5, 5.41) is 0. The van der Waals surface area contributed by atoms with Crippen molar-refractivity contribution in [2.24, 2.45) is 5.41 Å². The van der Waals surface area contributed by atoms with Crippen LogP contribution < -0.4 is 0 Å². The first-order chi connectivity index (χ1) is 6.61. The van der Waals surface area contributed by atoms with Crippen LogP contribution in [0.2, 0.25) is 0 Å². The van der Waals surface area contributed by atoms with Crippen LogP contribution in [0.15, 0.2) is 30.3 Å². The molecule has 1 aliphatic heterocycles. The highest BCUT2D eigenvalue weighted by Crippen LogP contribution is 2.44. The molecule has 1 heteroatoms. The summed E-state index contributed by atoms with van der Waals surface area (Å²) in [4.78, 5) is 0. The highest BCUT2D eigenvalue weighted by Gasteiger charge is 2.41. The Morgan fingerprint density at radius 1 is 1.21 bits per heavy atom. The number of hydrogen-bond acceptors (Lipinski definition) is 1. The van der Waals surface area contributed by atoms with Crippen LogP contribution in [0.4, 0.5) is 0 Å². The van der Waals surface area contributed by atoms with Gasteiger partial charge in [0.2, 0.25) is 0 Å². The van der Waals surface area contributed by atoms with Gasteiger partial charge in [0.05, 0.1) is 12.7 Å². The van der Waals surface area contributed by atoms with E-state index in [-0.39, 0.29) is 5.41 Å². The summed E-state index contributed by atoms with van der Waals surface area (Å²) in [6.07, 6.45) is 0.340. The SMILES string of the molecule is C[C@@H]1OCC(C)(C)[C@H]1c1ccccc1. The van der Waals surface area contributed by atoms with Crippen molar-refractivity contribution >= 4 is 0 Å². The van der Waals surface area contributed by atoms with Crippen LogP contribution in [-0.4, -0.2) is 12.7 Å². The van der Waals surface area contributed by atoms with E-state index in [0.717, 1.165) is 6.61 Å². The molecule has 0 N–H and O–H groups in total. The molecule has 1 aromatic rings. The second-order valence-corrected chi connectivity index (χ2v) is 4.89. The standard InChI is InChI=1S/C13H18O/c1-10-12(13(2,3)9-14-10)11-7-5-4-6-8-11/h4-8,10,12H,9H2,1-3H3/t10-,12+/m0/s1. The lowest BCUT2D eigenvalue weighted by Gasteiger charge is -2.27. The number of hydrogen-bond donors (Lipinski definition) is 0. The van der Waals surface area contributed by atoms with Crippen molar-refractivity contribution < 1.29 is 4.74 Å². The Bertz CT molecular complexity index is 302. The molecule has 0 bridgehead atoms. The minimum atomic E-state index is 0.265. The molecule has 1 heterocycles. The van der Waals surface area contributed by atoms with Gasteiger partial charge in [-0.25, -0.2) is 0 Å². The summed E-state index contributed by atoms with van der Waals surface area (Å²) in [7, 11) is 0. The van der Waals surface area contributed by atoms with Gasteiger partial charge in [-0.15, -0.1) is 0 Å². The summed E-state index contributed by atoms with van der Waals surface area (Å²) in [5.74, 6) is 0.531. The Kier molecular flexibility index (Phi) is 2.36. The van der Waals surface area contributed by atoms with E-state index in [0.29, 0.717) is 12.0 Å². The fraction of sp³-hybridized carbons (Fsp3) is 0.538. The molecular formula is C13H18O. The monoisotopic (exact) mass is 190 g/mol.